The lowest BCUT2D eigenvalue weighted by atomic mass is 9.99. The first-order valence-corrected chi connectivity index (χ1v) is 10.6. The minimum atomic E-state index is -0.319. The number of hydrogen-bond donors (Lipinski definition) is 2. The molecule has 30 heavy (non-hydrogen) atoms. The van der Waals surface area contributed by atoms with Gasteiger partial charge in [0.15, 0.2) is 6.61 Å². The maximum Gasteiger partial charge on any atom is 0.262 e. The molecule has 0 radical (unpaired) electrons. The zero-order valence-corrected chi connectivity index (χ0v) is 17.6. The fourth-order valence-corrected chi connectivity index (χ4v) is 3.36. The first-order chi connectivity index (χ1) is 14.6. The number of carbonyl (C=O) groups is 2. The second kappa shape index (κ2) is 10.8. The third kappa shape index (κ3) is 6.07. The molecule has 1 aliphatic heterocycles. The van der Waals surface area contributed by atoms with Gasteiger partial charge in [0.05, 0.1) is 17.4 Å². The SMILES string of the molecule is CC[C@H](C)c1ccc(OCC(=O)Nc2ccccc2C(=O)NC[C@@H]2CCCO2)cc1. The van der Waals surface area contributed by atoms with Crippen molar-refractivity contribution in [3.05, 3.63) is 59.7 Å². The van der Waals surface area contributed by atoms with Gasteiger partial charge in [-0.1, -0.05) is 38.1 Å². The van der Waals surface area contributed by atoms with Crippen molar-refractivity contribution in [3.8, 4) is 5.75 Å². The molecule has 2 amide bonds. The average molecular weight is 411 g/mol. The Bertz CT molecular complexity index is 845. The Balaban J connectivity index is 1.52. The molecule has 1 heterocycles. The second-order valence-electron chi connectivity index (χ2n) is 7.61. The largest absolute Gasteiger partial charge is 0.484 e. The van der Waals surface area contributed by atoms with E-state index in [2.05, 4.69) is 24.5 Å². The normalized spacial score (nSPS) is 16.7. The highest BCUT2D eigenvalue weighted by atomic mass is 16.5. The number of hydrogen-bond acceptors (Lipinski definition) is 4. The topological polar surface area (TPSA) is 76.7 Å². The molecule has 160 valence electrons. The van der Waals surface area contributed by atoms with E-state index in [0.29, 0.717) is 29.5 Å². The van der Waals surface area contributed by atoms with E-state index >= 15 is 0 Å². The van der Waals surface area contributed by atoms with Gasteiger partial charge in [-0.3, -0.25) is 9.59 Å². The van der Waals surface area contributed by atoms with Crippen LogP contribution in [0.15, 0.2) is 48.5 Å². The number of anilines is 1. The highest BCUT2D eigenvalue weighted by molar-refractivity contribution is 6.04. The third-order valence-corrected chi connectivity index (χ3v) is 5.39. The molecular formula is C24H30N2O4. The van der Waals surface area contributed by atoms with Crippen LogP contribution in [0.4, 0.5) is 5.69 Å². The molecule has 0 bridgehead atoms. The van der Waals surface area contributed by atoms with Crippen molar-refractivity contribution in [3.63, 3.8) is 0 Å². The van der Waals surface area contributed by atoms with Crippen LogP contribution >= 0.6 is 0 Å². The zero-order chi connectivity index (χ0) is 21.3. The van der Waals surface area contributed by atoms with Crippen LogP contribution in [-0.4, -0.2) is 37.7 Å². The average Bonchev–Trinajstić information content (AvgIpc) is 3.30. The van der Waals surface area contributed by atoms with Crippen LogP contribution in [0.2, 0.25) is 0 Å². The molecule has 0 aliphatic carbocycles. The highest BCUT2D eigenvalue weighted by Crippen LogP contribution is 2.21. The third-order valence-electron chi connectivity index (χ3n) is 5.39. The van der Waals surface area contributed by atoms with E-state index in [4.69, 9.17) is 9.47 Å². The second-order valence-corrected chi connectivity index (χ2v) is 7.61. The van der Waals surface area contributed by atoms with Gasteiger partial charge in [0.25, 0.3) is 11.8 Å². The minimum Gasteiger partial charge on any atom is -0.484 e. The van der Waals surface area contributed by atoms with E-state index in [1.807, 2.05) is 24.3 Å². The van der Waals surface area contributed by atoms with E-state index in [0.717, 1.165) is 25.9 Å². The molecule has 0 saturated carbocycles. The molecule has 0 spiro atoms. The molecule has 2 N–H and O–H groups in total. The van der Waals surface area contributed by atoms with Crippen molar-refractivity contribution in [2.75, 3.05) is 25.1 Å². The van der Waals surface area contributed by atoms with Crippen LogP contribution in [0, 0.1) is 0 Å². The number of carbonyl (C=O) groups excluding carboxylic acids is 2. The molecule has 2 aromatic carbocycles. The van der Waals surface area contributed by atoms with E-state index in [1.54, 1.807) is 24.3 Å². The number of benzene rings is 2. The van der Waals surface area contributed by atoms with E-state index < -0.39 is 0 Å². The Morgan fingerprint density at radius 1 is 1.17 bits per heavy atom. The molecule has 6 heteroatoms. The van der Waals surface area contributed by atoms with Crippen LogP contribution in [-0.2, 0) is 9.53 Å². The van der Waals surface area contributed by atoms with E-state index in [-0.39, 0.29) is 24.5 Å². The summed E-state index contributed by atoms with van der Waals surface area (Å²) in [6.07, 6.45) is 3.11. The monoisotopic (exact) mass is 410 g/mol. The molecular weight excluding hydrogens is 380 g/mol. The van der Waals surface area contributed by atoms with Crippen LogP contribution in [0.5, 0.6) is 5.75 Å². The van der Waals surface area contributed by atoms with Crippen LogP contribution < -0.4 is 15.4 Å². The van der Waals surface area contributed by atoms with Crippen LogP contribution in [0.3, 0.4) is 0 Å². The summed E-state index contributed by atoms with van der Waals surface area (Å²) in [4.78, 5) is 24.9. The fraction of sp³-hybridized carbons (Fsp3) is 0.417. The number of nitrogens with one attached hydrogen (secondary N) is 2. The highest BCUT2D eigenvalue weighted by Gasteiger charge is 2.18. The molecule has 1 aliphatic rings. The lowest BCUT2D eigenvalue weighted by Gasteiger charge is -2.14. The first kappa shape index (κ1) is 21.8. The van der Waals surface area contributed by atoms with Gasteiger partial charge in [0.1, 0.15) is 5.75 Å². The quantitative estimate of drug-likeness (QED) is 0.652. The van der Waals surface area contributed by atoms with Gasteiger partial charge in [0, 0.05) is 13.2 Å². The number of ether oxygens (including phenoxy) is 2. The Hall–Kier alpha value is -2.86. The molecule has 1 fully saturated rings. The molecule has 1 saturated heterocycles. The fourth-order valence-electron chi connectivity index (χ4n) is 3.36. The molecule has 2 aromatic rings. The van der Waals surface area contributed by atoms with Crippen LogP contribution in [0.1, 0.15) is 54.9 Å². The molecule has 3 rings (SSSR count). The number of amides is 2. The first-order valence-electron chi connectivity index (χ1n) is 10.6. The van der Waals surface area contributed by atoms with E-state index in [1.165, 1.54) is 5.56 Å². The molecule has 0 aromatic heterocycles. The van der Waals surface area contributed by atoms with Gasteiger partial charge in [0.2, 0.25) is 0 Å². The summed E-state index contributed by atoms with van der Waals surface area (Å²) in [5, 5.41) is 5.66. The van der Waals surface area contributed by atoms with Crippen molar-refractivity contribution in [1.29, 1.82) is 0 Å². The minimum absolute atomic E-state index is 0.0656. The smallest absolute Gasteiger partial charge is 0.262 e. The number of rotatable bonds is 9. The zero-order valence-electron chi connectivity index (χ0n) is 17.6. The molecule has 6 nitrogen and oxygen atoms in total. The van der Waals surface area contributed by atoms with Gasteiger partial charge in [-0.15, -0.1) is 0 Å². The predicted octanol–water partition coefficient (Wildman–Crippen LogP) is 4.13. The van der Waals surface area contributed by atoms with Gasteiger partial charge in [-0.25, -0.2) is 0 Å². The van der Waals surface area contributed by atoms with E-state index in [9.17, 15) is 9.59 Å². The Kier molecular flexibility index (Phi) is 7.85. The summed E-state index contributed by atoms with van der Waals surface area (Å²) in [6.45, 7) is 5.41. The van der Waals surface area contributed by atoms with Gasteiger partial charge in [-0.2, -0.15) is 0 Å². The summed E-state index contributed by atoms with van der Waals surface area (Å²) in [5.74, 6) is 0.577. The molecule has 2 atom stereocenters. The van der Waals surface area contributed by atoms with Crippen LogP contribution in [0.25, 0.3) is 0 Å². The van der Waals surface area contributed by atoms with Crippen molar-refractivity contribution in [2.24, 2.45) is 0 Å². The summed E-state index contributed by atoms with van der Waals surface area (Å²) < 4.78 is 11.1. The summed E-state index contributed by atoms with van der Waals surface area (Å²) >= 11 is 0. The Morgan fingerprint density at radius 2 is 1.93 bits per heavy atom. The molecule has 0 unspecified atom stereocenters. The summed E-state index contributed by atoms with van der Waals surface area (Å²) in [7, 11) is 0. The lowest BCUT2D eigenvalue weighted by molar-refractivity contribution is -0.118. The maximum atomic E-state index is 12.5. The Labute approximate surface area is 178 Å². The summed E-state index contributed by atoms with van der Waals surface area (Å²) in [5.41, 5.74) is 2.13. The van der Waals surface area contributed by atoms with Gasteiger partial charge < -0.3 is 20.1 Å². The maximum absolute atomic E-state index is 12.5. The van der Waals surface area contributed by atoms with Gasteiger partial charge >= 0.3 is 0 Å². The lowest BCUT2D eigenvalue weighted by Crippen LogP contribution is -2.32. The number of para-hydroxylation sites is 1. The standard InChI is InChI=1S/C24H30N2O4/c1-3-17(2)18-10-12-19(13-11-18)30-16-23(27)26-22-9-5-4-8-21(22)24(28)25-15-20-7-6-14-29-20/h4-5,8-13,17,20H,3,6-7,14-16H2,1-2H3,(H,25,28)(H,26,27)/t17-,20-/m0/s1. The predicted molar refractivity (Wildman–Crippen MR) is 117 cm³/mol. The Morgan fingerprint density at radius 3 is 2.63 bits per heavy atom. The summed E-state index contributed by atoms with van der Waals surface area (Å²) in [6, 6.07) is 14.7. The van der Waals surface area contributed by atoms with Gasteiger partial charge in [-0.05, 0) is 55.0 Å². The van der Waals surface area contributed by atoms with Crippen molar-refractivity contribution < 1.29 is 19.1 Å². The van der Waals surface area contributed by atoms with Crippen molar-refractivity contribution in [2.45, 2.75) is 45.1 Å². The van der Waals surface area contributed by atoms with Crippen molar-refractivity contribution in [1.82, 2.24) is 5.32 Å². The van der Waals surface area contributed by atoms with Crippen molar-refractivity contribution >= 4 is 17.5 Å².